The van der Waals surface area contributed by atoms with Crippen molar-refractivity contribution in [3.63, 3.8) is 0 Å². The number of thiazole rings is 1. The predicted octanol–water partition coefficient (Wildman–Crippen LogP) is 2.96. The van der Waals surface area contributed by atoms with Gasteiger partial charge in [-0.2, -0.15) is 0 Å². The average molecular weight is 289 g/mol. The molecule has 1 atom stereocenters. The summed E-state index contributed by atoms with van der Waals surface area (Å²) >= 11 is 1.70. The minimum atomic E-state index is -0.326. The SMILES string of the molecule is Cc1nc(C(C)Nc2ccccc2CC(N)=O)c(C)s1. The summed E-state index contributed by atoms with van der Waals surface area (Å²) in [5.41, 5.74) is 8.19. The number of carbonyl (C=O) groups is 1. The summed E-state index contributed by atoms with van der Waals surface area (Å²) in [5.74, 6) is -0.326. The van der Waals surface area contributed by atoms with Crippen molar-refractivity contribution in [1.29, 1.82) is 0 Å². The molecule has 1 aromatic heterocycles. The van der Waals surface area contributed by atoms with Gasteiger partial charge < -0.3 is 11.1 Å². The van der Waals surface area contributed by atoms with E-state index in [4.69, 9.17) is 5.73 Å². The summed E-state index contributed by atoms with van der Waals surface area (Å²) < 4.78 is 0. The number of nitrogens with one attached hydrogen (secondary N) is 1. The summed E-state index contributed by atoms with van der Waals surface area (Å²) in [6.45, 7) is 6.16. The number of carbonyl (C=O) groups excluding carboxylic acids is 1. The third kappa shape index (κ3) is 3.36. The standard InChI is InChI=1S/C15H19N3OS/c1-9(15-10(2)20-11(3)18-15)17-13-7-5-4-6-12(13)8-14(16)19/h4-7,9,17H,8H2,1-3H3,(H2,16,19). The van der Waals surface area contributed by atoms with Crippen molar-refractivity contribution in [1.82, 2.24) is 4.98 Å². The molecule has 4 nitrogen and oxygen atoms in total. The number of anilines is 1. The van der Waals surface area contributed by atoms with Crippen molar-refractivity contribution in [3.8, 4) is 0 Å². The molecule has 2 aromatic rings. The van der Waals surface area contributed by atoms with Gasteiger partial charge in [0.15, 0.2) is 0 Å². The highest BCUT2D eigenvalue weighted by molar-refractivity contribution is 7.11. The highest BCUT2D eigenvalue weighted by Gasteiger charge is 2.14. The van der Waals surface area contributed by atoms with Crippen LogP contribution in [0.25, 0.3) is 0 Å². The molecule has 1 amide bonds. The lowest BCUT2D eigenvalue weighted by molar-refractivity contribution is -0.117. The van der Waals surface area contributed by atoms with E-state index in [2.05, 4.69) is 24.1 Å². The van der Waals surface area contributed by atoms with E-state index in [1.54, 1.807) is 11.3 Å². The Morgan fingerprint density at radius 2 is 2.10 bits per heavy atom. The summed E-state index contributed by atoms with van der Waals surface area (Å²) in [4.78, 5) is 16.9. The van der Waals surface area contributed by atoms with E-state index in [9.17, 15) is 4.79 Å². The van der Waals surface area contributed by atoms with Gasteiger partial charge in [0.25, 0.3) is 0 Å². The number of aromatic nitrogens is 1. The molecule has 3 N–H and O–H groups in total. The molecule has 5 heteroatoms. The van der Waals surface area contributed by atoms with Crippen LogP contribution >= 0.6 is 11.3 Å². The Balaban J connectivity index is 2.21. The zero-order chi connectivity index (χ0) is 14.7. The number of hydrogen-bond donors (Lipinski definition) is 2. The van der Waals surface area contributed by atoms with Crippen LogP contribution < -0.4 is 11.1 Å². The van der Waals surface area contributed by atoms with Gasteiger partial charge in [-0.25, -0.2) is 4.98 Å². The Hall–Kier alpha value is -1.88. The smallest absolute Gasteiger partial charge is 0.221 e. The third-order valence-electron chi connectivity index (χ3n) is 3.10. The van der Waals surface area contributed by atoms with Crippen LogP contribution in [0, 0.1) is 13.8 Å². The van der Waals surface area contributed by atoms with Crippen LogP contribution in [0.4, 0.5) is 5.69 Å². The largest absolute Gasteiger partial charge is 0.377 e. The van der Waals surface area contributed by atoms with Gasteiger partial charge in [0.05, 0.1) is 23.2 Å². The molecule has 1 heterocycles. The first-order valence-corrected chi connectivity index (χ1v) is 7.35. The van der Waals surface area contributed by atoms with Crippen molar-refractivity contribution < 1.29 is 4.79 Å². The fourth-order valence-corrected chi connectivity index (χ4v) is 3.17. The number of rotatable bonds is 5. The zero-order valence-electron chi connectivity index (χ0n) is 11.9. The van der Waals surface area contributed by atoms with Crippen LogP contribution in [0.15, 0.2) is 24.3 Å². The molecule has 0 fully saturated rings. The minimum Gasteiger partial charge on any atom is -0.377 e. The van der Waals surface area contributed by atoms with Gasteiger partial charge in [-0.3, -0.25) is 4.79 Å². The molecular formula is C15H19N3OS. The Morgan fingerprint density at radius 3 is 2.70 bits per heavy atom. The summed E-state index contributed by atoms with van der Waals surface area (Å²) in [5, 5.41) is 4.49. The lowest BCUT2D eigenvalue weighted by atomic mass is 10.1. The number of para-hydroxylation sites is 1. The summed E-state index contributed by atoms with van der Waals surface area (Å²) in [6.07, 6.45) is 0.241. The van der Waals surface area contributed by atoms with Crippen LogP contribution in [-0.2, 0) is 11.2 Å². The van der Waals surface area contributed by atoms with Crippen LogP contribution in [0.3, 0.4) is 0 Å². The van der Waals surface area contributed by atoms with Crippen molar-refractivity contribution in [2.24, 2.45) is 5.73 Å². The molecule has 1 aromatic carbocycles. The van der Waals surface area contributed by atoms with Gasteiger partial charge in [-0.05, 0) is 32.4 Å². The maximum atomic E-state index is 11.1. The Kier molecular flexibility index (Phi) is 4.39. The Morgan fingerprint density at radius 1 is 1.40 bits per heavy atom. The lowest BCUT2D eigenvalue weighted by Crippen LogP contribution is -2.16. The van der Waals surface area contributed by atoms with Gasteiger partial charge in [0.1, 0.15) is 0 Å². The average Bonchev–Trinajstić information content (AvgIpc) is 2.70. The first-order valence-electron chi connectivity index (χ1n) is 6.54. The second-order valence-corrected chi connectivity index (χ2v) is 6.25. The van der Waals surface area contributed by atoms with Crippen LogP contribution in [0.2, 0.25) is 0 Å². The van der Waals surface area contributed by atoms with Crippen LogP contribution in [0.1, 0.15) is 34.1 Å². The van der Waals surface area contributed by atoms with E-state index in [0.717, 1.165) is 22.0 Å². The second kappa shape index (κ2) is 6.05. The fraction of sp³-hybridized carbons (Fsp3) is 0.333. The summed E-state index contributed by atoms with van der Waals surface area (Å²) in [6, 6.07) is 7.82. The number of primary amides is 1. The lowest BCUT2D eigenvalue weighted by Gasteiger charge is -2.17. The van der Waals surface area contributed by atoms with Gasteiger partial charge in [-0.1, -0.05) is 18.2 Å². The first-order chi connectivity index (χ1) is 9.47. The van der Waals surface area contributed by atoms with Crippen molar-refractivity contribution in [3.05, 3.63) is 45.4 Å². The van der Waals surface area contributed by atoms with Gasteiger partial charge >= 0.3 is 0 Å². The molecule has 20 heavy (non-hydrogen) atoms. The van der Waals surface area contributed by atoms with Crippen molar-refractivity contribution >= 4 is 22.9 Å². The van der Waals surface area contributed by atoms with Crippen molar-refractivity contribution in [2.75, 3.05) is 5.32 Å². The van der Waals surface area contributed by atoms with E-state index in [0.29, 0.717) is 0 Å². The molecule has 0 spiro atoms. The molecular weight excluding hydrogens is 270 g/mol. The fourth-order valence-electron chi connectivity index (χ4n) is 2.25. The number of amides is 1. The van der Waals surface area contributed by atoms with Crippen molar-refractivity contribution in [2.45, 2.75) is 33.2 Å². The zero-order valence-corrected chi connectivity index (χ0v) is 12.8. The maximum Gasteiger partial charge on any atom is 0.221 e. The molecule has 0 saturated carbocycles. The van der Waals surface area contributed by atoms with Gasteiger partial charge in [0, 0.05) is 10.6 Å². The van der Waals surface area contributed by atoms with E-state index in [-0.39, 0.29) is 18.4 Å². The van der Waals surface area contributed by atoms with E-state index < -0.39 is 0 Å². The highest BCUT2D eigenvalue weighted by Crippen LogP contribution is 2.27. The highest BCUT2D eigenvalue weighted by atomic mass is 32.1. The van der Waals surface area contributed by atoms with Gasteiger partial charge in [-0.15, -0.1) is 11.3 Å². The quantitative estimate of drug-likeness (QED) is 0.889. The number of hydrogen-bond acceptors (Lipinski definition) is 4. The molecule has 106 valence electrons. The monoisotopic (exact) mass is 289 g/mol. The molecule has 0 aliphatic heterocycles. The van der Waals surface area contributed by atoms with E-state index >= 15 is 0 Å². The first kappa shape index (κ1) is 14.5. The molecule has 0 saturated heterocycles. The van der Waals surface area contributed by atoms with Crippen LogP contribution in [-0.4, -0.2) is 10.9 Å². The number of nitrogens with two attached hydrogens (primary N) is 1. The van der Waals surface area contributed by atoms with E-state index in [1.807, 2.05) is 31.2 Å². The second-order valence-electron chi connectivity index (χ2n) is 4.84. The molecule has 1 unspecified atom stereocenters. The molecule has 0 bridgehead atoms. The topological polar surface area (TPSA) is 68.0 Å². The maximum absolute atomic E-state index is 11.1. The van der Waals surface area contributed by atoms with Crippen LogP contribution in [0.5, 0.6) is 0 Å². The van der Waals surface area contributed by atoms with E-state index in [1.165, 1.54) is 4.88 Å². The molecule has 2 rings (SSSR count). The minimum absolute atomic E-state index is 0.0916. The molecule has 0 aliphatic carbocycles. The molecule has 0 radical (unpaired) electrons. The molecule has 0 aliphatic rings. The normalized spacial score (nSPS) is 12.2. The predicted molar refractivity (Wildman–Crippen MR) is 83.0 cm³/mol. The van der Waals surface area contributed by atoms with Gasteiger partial charge in [0.2, 0.25) is 5.91 Å². The Bertz CT molecular complexity index is 621. The summed E-state index contributed by atoms with van der Waals surface area (Å²) in [7, 11) is 0. The number of benzene rings is 1. The number of nitrogens with zero attached hydrogens (tertiary/aromatic N) is 1. The number of aryl methyl sites for hydroxylation is 2. The Labute approximate surface area is 123 Å². The third-order valence-corrected chi connectivity index (χ3v) is 4.01.